The number of carbonyl (C=O) groups excluding carboxylic acids is 2. The number of ketones is 1. The van der Waals surface area contributed by atoms with Crippen LogP contribution in [0.15, 0.2) is 42.5 Å². The standard InChI is InChI=1S/C15H11FO2/c1-10-3-2-4-12(9-17)14(10)15(18)11-5-7-13(16)8-6-11/h2-9H,1H3. The maximum atomic E-state index is 12.8. The number of halogens is 1. The molecule has 0 aliphatic heterocycles. The number of hydrogen-bond donors (Lipinski definition) is 0. The molecule has 18 heavy (non-hydrogen) atoms. The van der Waals surface area contributed by atoms with E-state index in [-0.39, 0.29) is 5.78 Å². The predicted molar refractivity (Wildman–Crippen MR) is 66.4 cm³/mol. The highest BCUT2D eigenvalue weighted by Gasteiger charge is 2.15. The number of rotatable bonds is 3. The average molecular weight is 242 g/mol. The van der Waals surface area contributed by atoms with Crippen LogP contribution in [0.25, 0.3) is 0 Å². The van der Waals surface area contributed by atoms with Crippen molar-refractivity contribution in [2.75, 3.05) is 0 Å². The van der Waals surface area contributed by atoms with Gasteiger partial charge < -0.3 is 0 Å². The quantitative estimate of drug-likeness (QED) is 0.612. The van der Waals surface area contributed by atoms with Crippen LogP contribution in [0.5, 0.6) is 0 Å². The summed E-state index contributed by atoms with van der Waals surface area (Å²) in [6.07, 6.45) is 0.657. The Morgan fingerprint density at radius 1 is 1.11 bits per heavy atom. The monoisotopic (exact) mass is 242 g/mol. The first-order valence-corrected chi connectivity index (χ1v) is 5.48. The third-order valence-corrected chi connectivity index (χ3v) is 2.77. The number of benzene rings is 2. The fourth-order valence-corrected chi connectivity index (χ4v) is 1.84. The highest BCUT2D eigenvalue weighted by molar-refractivity contribution is 6.13. The zero-order valence-corrected chi connectivity index (χ0v) is 9.81. The van der Waals surface area contributed by atoms with Crippen LogP contribution in [0.4, 0.5) is 4.39 Å². The lowest BCUT2D eigenvalue weighted by atomic mass is 9.95. The summed E-state index contributed by atoms with van der Waals surface area (Å²) >= 11 is 0. The Bertz CT molecular complexity index is 600. The molecule has 2 rings (SSSR count). The van der Waals surface area contributed by atoms with E-state index in [1.807, 2.05) is 0 Å². The topological polar surface area (TPSA) is 34.1 Å². The van der Waals surface area contributed by atoms with E-state index in [2.05, 4.69) is 0 Å². The molecule has 0 spiro atoms. The fraction of sp³-hybridized carbons (Fsp3) is 0.0667. The molecule has 0 saturated heterocycles. The van der Waals surface area contributed by atoms with Crippen molar-refractivity contribution in [3.05, 3.63) is 70.5 Å². The summed E-state index contributed by atoms with van der Waals surface area (Å²) in [4.78, 5) is 23.2. The Morgan fingerprint density at radius 3 is 2.39 bits per heavy atom. The second kappa shape index (κ2) is 4.92. The molecule has 0 aliphatic carbocycles. The lowest BCUT2D eigenvalue weighted by Crippen LogP contribution is -2.07. The third-order valence-electron chi connectivity index (χ3n) is 2.77. The highest BCUT2D eigenvalue weighted by Crippen LogP contribution is 2.18. The van der Waals surface area contributed by atoms with Crippen molar-refractivity contribution >= 4 is 12.1 Å². The Morgan fingerprint density at radius 2 is 1.78 bits per heavy atom. The van der Waals surface area contributed by atoms with E-state index in [0.29, 0.717) is 23.0 Å². The smallest absolute Gasteiger partial charge is 0.194 e. The van der Waals surface area contributed by atoms with Crippen molar-refractivity contribution in [1.82, 2.24) is 0 Å². The minimum absolute atomic E-state index is 0.268. The normalized spacial score (nSPS) is 10.1. The van der Waals surface area contributed by atoms with Crippen LogP contribution < -0.4 is 0 Å². The molecular weight excluding hydrogens is 231 g/mol. The largest absolute Gasteiger partial charge is 0.298 e. The van der Waals surface area contributed by atoms with Crippen molar-refractivity contribution in [3.8, 4) is 0 Å². The van der Waals surface area contributed by atoms with Gasteiger partial charge in [0.1, 0.15) is 5.82 Å². The van der Waals surface area contributed by atoms with Gasteiger partial charge in [-0.2, -0.15) is 0 Å². The van der Waals surface area contributed by atoms with Crippen molar-refractivity contribution in [3.63, 3.8) is 0 Å². The molecule has 0 N–H and O–H groups in total. The second-order valence-corrected chi connectivity index (χ2v) is 3.99. The minimum Gasteiger partial charge on any atom is -0.298 e. The molecule has 0 aliphatic rings. The Hall–Kier alpha value is -2.29. The SMILES string of the molecule is Cc1cccc(C=O)c1C(=O)c1ccc(F)cc1. The summed E-state index contributed by atoms with van der Waals surface area (Å²) in [7, 11) is 0. The minimum atomic E-state index is -0.396. The van der Waals surface area contributed by atoms with Crippen molar-refractivity contribution in [2.45, 2.75) is 6.92 Å². The van der Waals surface area contributed by atoms with Crippen LogP contribution >= 0.6 is 0 Å². The molecule has 90 valence electrons. The van der Waals surface area contributed by atoms with Crippen LogP contribution in [0.1, 0.15) is 31.8 Å². The molecule has 0 unspecified atom stereocenters. The summed E-state index contributed by atoms with van der Waals surface area (Å²) in [6, 6.07) is 10.4. The molecule has 2 aromatic rings. The molecule has 0 heterocycles. The lowest BCUT2D eigenvalue weighted by molar-refractivity contribution is 0.102. The molecule has 0 radical (unpaired) electrons. The summed E-state index contributed by atoms with van der Waals surface area (Å²) < 4.78 is 12.8. The number of aryl methyl sites for hydroxylation is 1. The average Bonchev–Trinajstić information content (AvgIpc) is 2.38. The van der Waals surface area contributed by atoms with Crippen molar-refractivity contribution in [1.29, 1.82) is 0 Å². The van der Waals surface area contributed by atoms with Gasteiger partial charge in [0.05, 0.1) is 0 Å². The van der Waals surface area contributed by atoms with E-state index in [9.17, 15) is 14.0 Å². The van der Waals surface area contributed by atoms with E-state index < -0.39 is 5.82 Å². The summed E-state index contributed by atoms with van der Waals surface area (Å²) in [5, 5.41) is 0. The van der Waals surface area contributed by atoms with E-state index in [0.717, 1.165) is 5.56 Å². The molecular formula is C15H11FO2. The van der Waals surface area contributed by atoms with Crippen LogP contribution in [-0.4, -0.2) is 12.1 Å². The Labute approximate surface area is 104 Å². The van der Waals surface area contributed by atoms with Crippen LogP contribution in [-0.2, 0) is 0 Å². The molecule has 2 aromatic carbocycles. The van der Waals surface area contributed by atoms with Gasteiger partial charge in [-0.05, 0) is 36.8 Å². The van der Waals surface area contributed by atoms with E-state index in [1.165, 1.54) is 24.3 Å². The van der Waals surface area contributed by atoms with Gasteiger partial charge in [-0.3, -0.25) is 9.59 Å². The van der Waals surface area contributed by atoms with E-state index in [1.54, 1.807) is 25.1 Å². The molecule has 0 bridgehead atoms. The van der Waals surface area contributed by atoms with Crippen molar-refractivity contribution < 1.29 is 14.0 Å². The first kappa shape index (κ1) is 12.2. The molecule has 0 amide bonds. The zero-order chi connectivity index (χ0) is 13.1. The fourth-order valence-electron chi connectivity index (χ4n) is 1.84. The van der Waals surface area contributed by atoms with Gasteiger partial charge in [0, 0.05) is 16.7 Å². The molecule has 2 nitrogen and oxygen atoms in total. The molecule has 0 aromatic heterocycles. The van der Waals surface area contributed by atoms with Gasteiger partial charge in [0.15, 0.2) is 12.1 Å². The zero-order valence-electron chi connectivity index (χ0n) is 9.81. The first-order valence-electron chi connectivity index (χ1n) is 5.48. The maximum absolute atomic E-state index is 12.8. The Balaban J connectivity index is 2.52. The van der Waals surface area contributed by atoms with Crippen LogP contribution in [0, 0.1) is 12.7 Å². The van der Waals surface area contributed by atoms with Gasteiger partial charge in [-0.25, -0.2) is 4.39 Å². The second-order valence-electron chi connectivity index (χ2n) is 3.99. The van der Waals surface area contributed by atoms with E-state index in [4.69, 9.17) is 0 Å². The van der Waals surface area contributed by atoms with Gasteiger partial charge in [0.2, 0.25) is 0 Å². The van der Waals surface area contributed by atoms with Gasteiger partial charge in [-0.15, -0.1) is 0 Å². The molecule has 3 heteroatoms. The van der Waals surface area contributed by atoms with Crippen molar-refractivity contribution in [2.24, 2.45) is 0 Å². The molecule has 0 fully saturated rings. The van der Waals surface area contributed by atoms with Gasteiger partial charge in [-0.1, -0.05) is 18.2 Å². The predicted octanol–water partition coefficient (Wildman–Crippen LogP) is 3.18. The summed E-state index contributed by atoms with van der Waals surface area (Å²) in [5.74, 6) is -0.665. The number of carbonyl (C=O) groups is 2. The van der Waals surface area contributed by atoms with E-state index >= 15 is 0 Å². The number of aldehydes is 1. The summed E-state index contributed by atoms with van der Waals surface area (Å²) in [6.45, 7) is 1.77. The molecule has 0 atom stereocenters. The third kappa shape index (κ3) is 2.20. The Kier molecular flexibility index (Phi) is 3.33. The maximum Gasteiger partial charge on any atom is 0.194 e. The molecule has 0 saturated carbocycles. The summed E-state index contributed by atoms with van der Waals surface area (Å²) in [5.41, 5.74) is 1.83. The van der Waals surface area contributed by atoms with Crippen LogP contribution in [0.3, 0.4) is 0 Å². The lowest BCUT2D eigenvalue weighted by Gasteiger charge is -2.07. The highest BCUT2D eigenvalue weighted by atomic mass is 19.1. The van der Waals surface area contributed by atoms with Gasteiger partial charge in [0.25, 0.3) is 0 Å². The van der Waals surface area contributed by atoms with Gasteiger partial charge >= 0.3 is 0 Å². The number of hydrogen-bond acceptors (Lipinski definition) is 2. The van der Waals surface area contributed by atoms with Crippen LogP contribution in [0.2, 0.25) is 0 Å². The first-order chi connectivity index (χ1) is 8.63.